The van der Waals surface area contributed by atoms with E-state index in [1.807, 2.05) is 50.2 Å². The highest BCUT2D eigenvalue weighted by atomic mass is 32.1. The molecular formula is C14H22N4O2S. The fourth-order valence-corrected chi connectivity index (χ4v) is 1.54. The Hall–Kier alpha value is -1.86. The summed E-state index contributed by atoms with van der Waals surface area (Å²) in [7, 11) is 3.95. The Bertz CT molecular complexity index is 463. The van der Waals surface area contributed by atoms with Gasteiger partial charge in [0, 0.05) is 13.1 Å². The number of carbonyl (C=O) groups is 1. The molecule has 0 fully saturated rings. The number of benzene rings is 1. The largest absolute Gasteiger partial charge is 0.484 e. The SMILES string of the molecule is Cc1ccc(OCC(=O)NNC(=S)NCCN(C)C)cc1. The van der Waals surface area contributed by atoms with Crippen molar-refractivity contribution in [2.75, 3.05) is 33.8 Å². The van der Waals surface area contributed by atoms with E-state index in [0.29, 0.717) is 17.4 Å². The summed E-state index contributed by atoms with van der Waals surface area (Å²) in [6, 6.07) is 7.50. The molecule has 0 unspecified atom stereocenters. The fourth-order valence-electron chi connectivity index (χ4n) is 1.38. The van der Waals surface area contributed by atoms with Crippen LogP contribution in [0.2, 0.25) is 0 Å². The summed E-state index contributed by atoms with van der Waals surface area (Å²) in [4.78, 5) is 13.6. The van der Waals surface area contributed by atoms with Crippen molar-refractivity contribution in [3.05, 3.63) is 29.8 Å². The molecule has 1 aromatic rings. The van der Waals surface area contributed by atoms with Gasteiger partial charge in [0.1, 0.15) is 5.75 Å². The summed E-state index contributed by atoms with van der Waals surface area (Å²) in [5.74, 6) is 0.356. The van der Waals surface area contributed by atoms with E-state index in [0.717, 1.165) is 12.1 Å². The van der Waals surface area contributed by atoms with Crippen molar-refractivity contribution >= 4 is 23.2 Å². The fraction of sp³-hybridized carbons (Fsp3) is 0.429. The van der Waals surface area contributed by atoms with E-state index in [4.69, 9.17) is 17.0 Å². The predicted molar refractivity (Wildman–Crippen MR) is 87.1 cm³/mol. The summed E-state index contributed by atoms with van der Waals surface area (Å²) in [5.41, 5.74) is 6.24. The highest BCUT2D eigenvalue weighted by molar-refractivity contribution is 7.80. The number of likely N-dealkylation sites (N-methyl/N-ethyl adjacent to an activating group) is 1. The highest BCUT2D eigenvalue weighted by Crippen LogP contribution is 2.10. The summed E-state index contributed by atoms with van der Waals surface area (Å²) < 4.78 is 5.35. The number of rotatable bonds is 6. The summed E-state index contributed by atoms with van der Waals surface area (Å²) in [6.45, 7) is 3.47. The number of aryl methyl sites for hydroxylation is 1. The number of nitrogens with zero attached hydrogens (tertiary/aromatic N) is 1. The lowest BCUT2D eigenvalue weighted by atomic mass is 10.2. The van der Waals surface area contributed by atoms with E-state index in [9.17, 15) is 4.79 Å². The normalized spacial score (nSPS) is 10.1. The molecule has 0 aliphatic carbocycles. The third-order valence-electron chi connectivity index (χ3n) is 2.55. The first-order valence-corrected chi connectivity index (χ1v) is 7.05. The van der Waals surface area contributed by atoms with E-state index in [-0.39, 0.29) is 12.5 Å². The lowest BCUT2D eigenvalue weighted by molar-refractivity contribution is -0.123. The number of hydrazine groups is 1. The highest BCUT2D eigenvalue weighted by Gasteiger charge is 2.03. The second-order valence-electron chi connectivity index (χ2n) is 4.83. The molecule has 3 N–H and O–H groups in total. The zero-order chi connectivity index (χ0) is 15.7. The van der Waals surface area contributed by atoms with Crippen LogP contribution in [0.25, 0.3) is 0 Å². The van der Waals surface area contributed by atoms with Gasteiger partial charge in [-0.15, -0.1) is 0 Å². The van der Waals surface area contributed by atoms with Crippen molar-refractivity contribution in [1.29, 1.82) is 0 Å². The maximum atomic E-state index is 11.6. The van der Waals surface area contributed by atoms with Crippen molar-refractivity contribution in [1.82, 2.24) is 21.1 Å². The van der Waals surface area contributed by atoms with Gasteiger partial charge >= 0.3 is 0 Å². The van der Waals surface area contributed by atoms with Gasteiger partial charge in [-0.1, -0.05) is 17.7 Å². The van der Waals surface area contributed by atoms with Crippen LogP contribution in [0.4, 0.5) is 0 Å². The number of hydrogen-bond donors (Lipinski definition) is 3. The molecule has 1 aromatic carbocycles. The number of amides is 1. The van der Waals surface area contributed by atoms with Crippen LogP contribution in [0.15, 0.2) is 24.3 Å². The molecule has 7 heteroatoms. The molecule has 21 heavy (non-hydrogen) atoms. The average molecular weight is 310 g/mol. The topological polar surface area (TPSA) is 65.6 Å². The lowest BCUT2D eigenvalue weighted by Gasteiger charge is -2.14. The second kappa shape index (κ2) is 9.15. The summed E-state index contributed by atoms with van der Waals surface area (Å²) >= 11 is 5.02. The first-order chi connectivity index (χ1) is 9.97. The van der Waals surface area contributed by atoms with Gasteiger partial charge in [0.15, 0.2) is 11.7 Å². The van der Waals surface area contributed by atoms with Gasteiger partial charge in [-0.25, -0.2) is 0 Å². The Balaban J connectivity index is 2.16. The minimum atomic E-state index is -0.299. The van der Waals surface area contributed by atoms with Crippen LogP contribution in [0.1, 0.15) is 5.56 Å². The predicted octanol–water partition coefficient (Wildman–Crippen LogP) is 0.431. The molecule has 116 valence electrons. The smallest absolute Gasteiger partial charge is 0.276 e. The zero-order valence-corrected chi connectivity index (χ0v) is 13.4. The van der Waals surface area contributed by atoms with Crippen LogP contribution in [-0.2, 0) is 4.79 Å². The molecule has 0 atom stereocenters. The maximum Gasteiger partial charge on any atom is 0.276 e. The standard InChI is InChI=1S/C14H22N4O2S/c1-11-4-6-12(7-5-11)20-10-13(19)16-17-14(21)15-8-9-18(2)3/h4-7H,8-10H2,1-3H3,(H,16,19)(H2,15,17,21). The van der Waals surface area contributed by atoms with Gasteiger partial charge in [0.05, 0.1) is 0 Å². The van der Waals surface area contributed by atoms with Crippen molar-refractivity contribution in [3.63, 3.8) is 0 Å². The number of thiocarbonyl (C=S) groups is 1. The number of nitrogens with one attached hydrogen (secondary N) is 3. The van der Waals surface area contributed by atoms with Gasteiger partial charge in [-0.3, -0.25) is 15.6 Å². The molecule has 0 saturated carbocycles. The second-order valence-corrected chi connectivity index (χ2v) is 5.24. The number of carbonyl (C=O) groups excluding carboxylic acids is 1. The minimum Gasteiger partial charge on any atom is -0.484 e. The molecule has 0 bridgehead atoms. The molecule has 0 spiro atoms. The van der Waals surface area contributed by atoms with Crippen LogP contribution in [0.3, 0.4) is 0 Å². The molecule has 0 aromatic heterocycles. The zero-order valence-electron chi connectivity index (χ0n) is 12.6. The lowest BCUT2D eigenvalue weighted by Crippen LogP contribution is -2.49. The van der Waals surface area contributed by atoms with Crippen LogP contribution < -0.4 is 20.9 Å². The van der Waals surface area contributed by atoms with Gasteiger partial charge in [0.25, 0.3) is 5.91 Å². The Labute approximate surface area is 130 Å². The van der Waals surface area contributed by atoms with Gasteiger partial charge < -0.3 is 15.0 Å². The first kappa shape index (κ1) is 17.2. The van der Waals surface area contributed by atoms with Crippen LogP contribution in [-0.4, -0.2) is 49.7 Å². The average Bonchev–Trinajstić information content (AvgIpc) is 2.44. The van der Waals surface area contributed by atoms with E-state index >= 15 is 0 Å². The molecule has 0 aliphatic rings. The molecule has 0 saturated heterocycles. The van der Waals surface area contributed by atoms with Crippen LogP contribution in [0.5, 0.6) is 5.75 Å². The molecule has 0 aliphatic heterocycles. The van der Waals surface area contributed by atoms with Crippen molar-refractivity contribution in [2.45, 2.75) is 6.92 Å². The molecule has 0 heterocycles. The minimum absolute atomic E-state index is 0.0730. The molecule has 1 rings (SSSR count). The van der Waals surface area contributed by atoms with E-state index in [1.165, 1.54) is 0 Å². The Kier molecular flexibility index (Phi) is 7.49. The Morgan fingerprint density at radius 2 is 1.90 bits per heavy atom. The third-order valence-corrected chi connectivity index (χ3v) is 2.80. The maximum absolute atomic E-state index is 11.6. The number of hydrogen-bond acceptors (Lipinski definition) is 4. The monoisotopic (exact) mass is 310 g/mol. The number of ether oxygens (including phenoxy) is 1. The van der Waals surface area contributed by atoms with Crippen molar-refractivity contribution in [2.24, 2.45) is 0 Å². The molecule has 1 amide bonds. The molecule has 6 nitrogen and oxygen atoms in total. The molecular weight excluding hydrogens is 288 g/mol. The van der Waals surface area contributed by atoms with E-state index in [1.54, 1.807) is 0 Å². The van der Waals surface area contributed by atoms with Crippen LogP contribution in [0, 0.1) is 6.92 Å². The molecule has 0 radical (unpaired) electrons. The van der Waals surface area contributed by atoms with E-state index < -0.39 is 0 Å². The quantitative estimate of drug-likeness (QED) is 0.523. The summed E-state index contributed by atoms with van der Waals surface area (Å²) in [6.07, 6.45) is 0. The third kappa shape index (κ3) is 8.11. The first-order valence-electron chi connectivity index (χ1n) is 6.64. The van der Waals surface area contributed by atoms with Gasteiger partial charge in [-0.2, -0.15) is 0 Å². The van der Waals surface area contributed by atoms with Gasteiger partial charge in [-0.05, 0) is 45.4 Å². The van der Waals surface area contributed by atoms with Crippen LogP contribution >= 0.6 is 12.2 Å². The van der Waals surface area contributed by atoms with Gasteiger partial charge in [0.2, 0.25) is 0 Å². The van der Waals surface area contributed by atoms with Crippen molar-refractivity contribution in [3.8, 4) is 5.75 Å². The van der Waals surface area contributed by atoms with E-state index in [2.05, 4.69) is 16.2 Å². The van der Waals surface area contributed by atoms with Crippen molar-refractivity contribution < 1.29 is 9.53 Å². The Morgan fingerprint density at radius 3 is 2.52 bits per heavy atom. The Morgan fingerprint density at radius 1 is 1.24 bits per heavy atom. The summed E-state index contributed by atoms with van der Waals surface area (Å²) in [5, 5.41) is 3.35.